The molecule has 0 bridgehead atoms. The summed E-state index contributed by atoms with van der Waals surface area (Å²) in [6.45, 7) is 9.92. The summed E-state index contributed by atoms with van der Waals surface area (Å²) in [7, 11) is -3.77. The topological polar surface area (TPSA) is 131 Å². The molecule has 0 unspecified atom stereocenters. The first kappa shape index (κ1) is 24.6. The van der Waals surface area contributed by atoms with E-state index in [0.29, 0.717) is 5.56 Å². The fourth-order valence-electron chi connectivity index (χ4n) is 2.36. The minimum absolute atomic E-state index is 0.133. The van der Waals surface area contributed by atoms with E-state index in [9.17, 15) is 22.8 Å². The number of hydrogen-bond acceptors (Lipinski definition) is 6. The summed E-state index contributed by atoms with van der Waals surface area (Å²) in [6.07, 6.45) is -1.47. The van der Waals surface area contributed by atoms with Crippen LogP contribution in [0.5, 0.6) is 0 Å². The lowest BCUT2D eigenvalue weighted by atomic mass is 10.1. The van der Waals surface area contributed by atoms with Crippen molar-refractivity contribution in [3.8, 4) is 0 Å². The summed E-state index contributed by atoms with van der Waals surface area (Å²) in [5, 5.41) is 4.62. The maximum atomic E-state index is 12.3. The van der Waals surface area contributed by atoms with E-state index in [1.165, 1.54) is 13.0 Å². The smallest absolute Gasteiger partial charge is 0.321 e. The highest BCUT2D eigenvalue weighted by atomic mass is 32.2. The largest absolute Gasteiger partial charge is 0.452 e. The fourth-order valence-corrected chi connectivity index (χ4v) is 3.62. The Morgan fingerprint density at radius 1 is 1.14 bits per heavy atom. The number of ether oxygens (including phenoxy) is 1. The predicted molar refractivity (Wildman–Crippen MR) is 108 cm³/mol. The zero-order valence-electron chi connectivity index (χ0n) is 17.6. The highest BCUT2D eigenvalue weighted by molar-refractivity contribution is 7.89. The molecule has 0 saturated carbocycles. The number of nitrogens with one attached hydrogen (secondary N) is 3. The maximum absolute atomic E-state index is 12.3. The Labute approximate surface area is 171 Å². The van der Waals surface area contributed by atoms with Crippen molar-refractivity contribution in [3.05, 3.63) is 29.3 Å². The summed E-state index contributed by atoms with van der Waals surface area (Å²) < 4.78 is 32.0. The Balaban J connectivity index is 2.50. The number of urea groups is 1. The van der Waals surface area contributed by atoms with Gasteiger partial charge in [-0.3, -0.25) is 14.9 Å². The average Bonchev–Trinajstić information content (AvgIpc) is 2.51. The molecule has 3 N–H and O–H groups in total. The van der Waals surface area contributed by atoms with Crippen LogP contribution >= 0.6 is 0 Å². The molecule has 1 aromatic rings. The number of aryl methyl sites for hydroxylation is 2. The number of amides is 3. The summed E-state index contributed by atoms with van der Waals surface area (Å²) in [5.41, 5.74) is 1.00. The Bertz CT molecular complexity index is 874. The number of imide groups is 1. The number of carbonyl (C=O) groups is 3. The van der Waals surface area contributed by atoms with Crippen molar-refractivity contribution >= 4 is 27.9 Å². The van der Waals surface area contributed by atoms with Gasteiger partial charge in [-0.25, -0.2) is 17.9 Å². The number of carbonyl (C=O) groups excluding carboxylic acids is 3. The third-order valence-electron chi connectivity index (χ3n) is 3.64. The summed E-state index contributed by atoms with van der Waals surface area (Å²) in [5.74, 6) is -1.55. The molecule has 0 aliphatic carbocycles. The van der Waals surface area contributed by atoms with E-state index < -0.39 is 39.6 Å². The first-order chi connectivity index (χ1) is 13.2. The minimum atomic E-state index is -3.77. The van der Waals surface area contributed by atoms with Crippen molar-refractivity contribution in [2.75, 3.05) is 6.54 Å². The van der Waals surface area contributed by atoms with Crippen LogP contribution in [0.1, 0.15) is 45.2 Å². The first-order valence-electron chi connectivity index (χ1n) is 9.10. The SMILES string of the molecule is Cc1ccc(S(=O)(=O)NCCC(=O)O[C@@H](C)C(=O)NC(=O)NC(C)(C)C)c(C)c1. The number of esters is 1. The standard InChI is InChI=1S/C19H29N3O6S/c1-12-7-8-15(13(2)11-12)29(26,27)20-10-9-16(23)28-14(3)17(24)21-18(25)22-19(4,5)6/h7-8,11,14,20H,9-10H2,1-6H3,(H2,21,22,24,25)/t14-/m0/s1. The maximum Gasteiger partial charge on any atom is 0.321 e. The van der Waals surface area contributed by atoms with Crippen molar-refractivity contribution < 1.29 is 27.5 Å². The molecule has 10 heteroatoms. The van der Waals surface area contributed by atoms with Gasteiger partial charge in [0.25, 0.3) is 5.91 Å². The average molecular weight is 428 g/mol. The highest BCUT2D eigenvalue weighted by Crippen LogP contribution is 2.16. The quantitative estimate of drug-likeness (QED) is 0.566. The molecule has 29 heavy (non-hydrogen) atoms. The minimum Gasteiger partial charge on any atom is -0.452 e. The summed E-state index contributed by atoms with van der Waals surface area (Å²) in [6, 6.07) is 4.23. The van der Waals surface area contributed by atoms with Crippen molar-refractivity contribution in [3.63, 3.8) is 0 Å². The van der Waals surface area contributed by atoms with E-state index in [0.717, 1.165) is 5.56 Å². The van der Waals surface area contributed by atoms with Crippen LogP contribution in [-0.2, 0) is 24.3 Å². The van der Waals surface area contributed by atoms with Gasteiger partial charge in [0.2, 0.25) is 10.0 Å². The molecule has 0 aliphatic heterocycles. The lowest BCUT2D eigenvalue weighted by Gasteiger charge is -2.21. The van der Waals surface area contributed by atoms with E-state index in [4.69, 9.17) is 4.74 Å². The van der Waals surface area contributed by atoms with Crippen molar-refractivity contribution in [1.29, 1.82) is 0 Å². The normalized spacial score (nSPS) is 12.8. The van der Waals surface area contributed by atoms with Gasteiger partial charge in [-0.15, -0.1) is 0 Å². The molecular weight excluding hydrogens is 398 g/mol. The van der Waals surface area contributed by atoms with Gasteiger partial charge in [0.05, 0.1) is 11.3 Å². The lowest BCUT2D eigenvalue weighted by Crippen LogP contribution is -2.50. The van der Waals surface area contributed by atoms with Crippen LogP contribution in [0.25, 0.3) is 0 Å². The second kappa shape index (κ2) is 9.84. The second-order valence-electron chi connectivity index (χ2n) is 7.74. The molecule has 0 aromatic heterocycles. The third kappa shape index (κ3) is 8.61. The molecule has 3 amide bonds. The molecule has 0 radical (unpaired) electrons. The molecule has 0 fully saturated rings. The molecule has 9 nitrogen and oxygen atoms in total. The summed E-state index contributed by atoms with van der Waals surface area (Å²) >= 11 is 0. The molecule has 1 atom stereocenters. The molecule has 0 aliphatic rings. The zero-order chi connectivity index (χ0) is 22.4. The number of rotatable bonds is 7. The number of benzene rings is 1. The van der Waals surface area contributed by atoms with Crippen LogP contribution in [0, 0.1) is 13.8 Å². The Morgan fingerprint density at radius 2 is 1.76 bits per heavy atom. The predicted octanol–water partition coefficient (Wildman–Crippen LogP) is 1.53. The second-order valence-corrected chi connectivity index (χ2v) is 9.48. The molecule has 1 aromatic carbocycles. The van der Waals surface area contributed by atoms with Crippen LogP contribution in [0.2, 0.25) is 0 Å². The van der Waals surface area contributed by atoms with Gasteiger partial charge < -0.3 is 10.1 Å². The Morgan fingerprint density at radius 3 is 2.31 bits per heavy atom. The Hall–Kier alpha value is -2.46. The molecule has 0 spiro atoms. The lowest BCUT2D eigenvalue weighted by molar-refractivity contribution is -0.154. The molecule has 1 rings (SSSR count). The first-order valence-corrected chi connectivity index (χ1v) is 10.6. The molecule has 162 valence electrons. The Kier molecular flexibility index (Phi) is 8.34. The van der Waals surface area contributed by atoms with Crippen LogP contribution in [0.4, 0.5) is 4.79 Å². The van der Waals surface area contributed by atoms with Crippen LogP contribution in [0.15, 0.2) is 23.1 Å². The van der Waals surface area contributed by atoms with Crippen LogP contribution < -0.4 is 15.4 Å². The molecular formula is C19H29N3O6S. The fraction of sp³-hybridized carbons (Fsp3) is 0.526. The number of sulfonamides is 1. The van der Waals surface area contributed by atoms with Crippen LogP contribution in [-0.4, -0.2) is 44.5 Å². The van der Waals surface area contributed by atoms with Gasteiger partial charge in [0, 0.05) is 12.1 Å². The van der Waals surface area contributed by atoms with Gasteiger partial charge in [-0.1, -0.05) is 17.7 Å². The summed E-state index contributed by atoms with van der Waals surface area (Å²) in [4.78, 5) is 35.6. The van der Waals surface area contributed by atoms with Gasteiger partial charge >= 0.3 is 12.0 Å². The van der Waals surface area contributed by atoms with Crippen molar-refractivity contribution in [1.82, 2.24) is 15.4 Å². The van der Waals surface area contributed by atoms with Crippen LogP contribution in [0.3, 0.4) is 0 Å². The van der Waals surface area contributed by atoms with Gasteiger partial charge in [0.1, 0.15) is 0 Å². The van der Waals surface area contributed by atoms with Gasteiger partial charge in [-0.2, -0.15) is 0 Å². The zero-order valence-corrected chi connectivity index (χ0v) is 18.4. The van der Waals surface area contributed by atoms with E-state index >= 15 is 0 Å². The molecule has 0 heterocycles. The van der Waals surface area contributed by atoms with E-state index in [-0.39, 0.29) is 17.9 Å². The van der Waals surface area contributed by atoms with E-state index in [1.54, 1.807) is 39.8 Å². The molecule has 0 saturated heterocycles. The highest BCUT2D eigenvalue weighted by Gasteiger charge is 2.22. The third-order valence-corrected chi connectivity index (χ3v) is 5.27. The monoisotopic (exact) mass is 427 g/mol. The van der Waals surface area contributed by atoms with E-state index in [2.05, 4.69) is 15.4 Å². The van der Waals surface area contributed by atoms with Crippen molar-refractivity contribution in [2.24, 2.45) is 0 Å². The van der Waals surface area contributed by atoms with Gasteiger partial charge in [0.15, 0.2) is 6.10 Å². The van der Waals surface area contributed by atoms with Gasteiger partial charge in [-0.05, 0) is 53.2 Å². The van der Waals surface area contributed by atoms with E-state index in [1.807, 2.05) is 6.92 Å². The number of hydrogen-bond donors (Lipinski definition) is 3. The van der Waals surface area contributed by atoms with Crippen molar-refractivity contribution in [2.45, 2.75) is 64.5 Å².